The van der Waals surface area contributed by atoms with Gasteiger partial charge in [-0.2, -0.15) is 0 Å². The lowest BCUT2D eigenvalue weighted by molar-refractivity contribution is 0.0952. The maximum Gasteiger partial charge on any atom is 0.251 e. The quantitative estimate of drug-likeness (QED) is 0.399. The maximum atomic E-state index is 12.7. The largest absolute Gasteiger partial charge is 0.439 e. The summed E-state index contributed by atoms with van der Waals surface area (Å²) in [6.07, 6.45) is 2.48. The Labute approximate surface area is 182 Å². The molecule has 4 rings (SSSR count). The van der Waals surface area contributed by atoms with Crippen molar-refractivity contribution in [3.63, 3.8) is 0 Å². The first kappa shape index (κ1) is 20.4. The lowest BCUT2D eigenvalue weighted by Crippen LogP contribution is -2.25. The molecule has 0 radical (unpaired) electrons. The fourth-order valence-electron chi connectivity index (χ4n) is 3.56. The number of hydrogen-bond donors (Lipinski definition) is 1. The molecule has 0 spiro atoms. The zero-order valence-corrected chi connectivity index (χ0v) is 17.1. The summed E-state index contributed by atoms with van der Waals surface area (Å²) < 4.78 is 5.74. The first-order chi connectivity index (χ1) is 15.3. The highest BCUT2D eigenvalue weighted by Gasteiger charge is 2.15. The van der Waals surface area contributed by atoms with Gasteiger partial charge < -0.3 is 10.1 Å². The van der Waals surface area contributed by atoms with Gasteiger partial charge in [0.25, 0.3) is 5.91 Å². The Balaban J connectivity index is 1.40. The van der Waals surface area contributed by atoms with E-state index in [4.69, 9.17) is 4.74 Å². The Morgan fingerprint density at radius 3 is 2.13 bits per heavy atom. The van der Waals surface area contributed by atoms with Crippen LogP contribution >= 0.6 is 0 Å². The van der Waals surface area contributed by atoms with E-state index >= 15 is 0 Å². The van der Waals surface area contributed by atoms with E-state index in [0.717, 1.165) is 6.42 Å². The Morgan fingerprint density at radius 2 is 1.48 bits per heavy atom. The summed E-state index contributed by atoms with van der Waals surface area (Å²) in [6, 6.07) is 33.4. The van der Waals surface area contributed by atoms with Crippen molar-refractivity contribution < 1.29 is 9.53 Å². The highest BCUT2D eigenvalue weighted by Crippen LogP contribution is 2.27. The molecule has 4 nitrogen and oxygen atoms in total. The number of benzene rings is 3. The molecule has 0 bridgehead atoms. The van der Waals surface area contributed by atoms with Gasteiger partial charge in [0.05, 0.1) is 0 Å². The number of rotatable bonds is 8. The van der Waals surface area contributed by atoms with Gasteiger partial charge in [-0.05, 0) is 41.8 Å². The summed E-state index contributed by atoms with van der Waals surface area (Å²) in [6.45, 7) is 0.568. The molecule has 4 aromatic rings. The van der Waals surface area contributed by atoms with E-state index < -0.39 is 0 Å². The molecule has 0 atom stereocenters. The molecule has 154 valence electrons. The summed E-state index contributed by atoms with van der Waals surface area (Å²) in [5.74, 6) is 1.18. The minimum Gasteiger partial charge on any atom is -0.439 e. The van der Waals surface area contributed by atoms with Gasteiger partial charge in [-0.25, -0.2) is 4.98 Å². The van der Waals surface area contributed by atoms with Gasteiger partial charge in [0.2, 0.25) is 5.88 Å². The number of amides is 1. The number of aromatic nitrogens is 1. The second-order valence-electron chi connectivity index (χ2n) is 7.22. The van der Waals surface area contributed by atoms with Gasteiger partial charge in [-0.3, -0.25) is 4.79 Å². The summed E-state index contributed by atoms with van der Waals surface area (Å²) >= 11 is 0. The maximum absolute atomic E-state index is 12.7. The van der Waals surface area contributed by atoms with Crippen molar-refractivity contribution in [2.75, 3.05) is 6.54 Å². The number of pyridine rings is 1. The molecular formula is C27H24N2O2. The van der Waals surface area contributed by atoms with Crippen LogP contribution in [-0.2, 0) is 0 Å². The van der Waals surface area contributed by atoms with Gasteiger partial charge in [0, 0.05) is 30.3 Å². The molecular weight excluding hydrogens is 384 g/mol. The van der Waals surface area contributed by atoms with E-state index in [1.165, 1.54) is 11.1 Å². The number of ether oxygens (including phenoxy) is 1. The Morgan fingerprint density at radius 1 is 0.806 bits per heavy atom. The van der Waals surface area contributed by atoms with E-state index in [2.05, 4.69) is 58.8 Å². The van der Waals surface area contributed by atoms with Crippen LogP contribution in [0.2, 0.25) is 0 Å². The zero-order valence-electron chi connectivity index (χ0n) is 17.1. The van der Waals surface area contributed by atoms with Crippen molar-refractivity contribution in [1.82, 2.24) is 10.3 Å². The predicted octanol–water partition coefficient (Wildman–Crippen LogP) is 5.83. The normalized spacial score (nSPS) is 10.6. The molecule has 1 N–H and O–H groups in total. The van der Waals surface area contributed by atoms with Crippen molar-refractivity contribution in [2.45, 2.75) is 12.3 Å². The first-order valence-electron chi connectivity index (χ1n) is 10.4. The monoisotopic (exact) mass is 408 g/mol. The van der Waals surface area contributed by atoms with Crippen molar-refractivity contribution in [3.05, 3.63) is 126 Å². The first-order valence-corrected chi connectivity index (χ1v) is 10.4. The summed E-state index contributed by atoms with van der Waals surface area (Å²) in [4.78, 5) is 16.9. The second kappa shape index (κ2) is 10.2. The summed E-state index contributed by atoms with van der Waals surface area (Å²) in [5.41, 5.74) is 3.05. The van der Waals surface area contributed by atoms with Crippen LogP contribution in [0.15, 0.2) is 109 Å². The molecule has 0 saturated heterocycles. The van der Waals surface area contributed by atoms with Crippen LogP contribution < -0.4 is 10.1 Å². The smallest absolute Gasteiger partial charge is 0.251 e. The van der Waals surface area contributed by atoms with Crippen LogP contribution in [0.1, 0.15) is 33.8 Å². The third-order valence-electron chi connectivity index (χ3n) is 5.08. The SMILES string of the molecule is O=C(NCCC(c1ccccc1)c1ccccc1)c1cccc(Oc2ccccn2)c1. The fourth-order valence-corrected chi connectivity index (χ4v) is 3.56. The molecule has 0 aliphatic rings. The Kier molecular flexibility index (Phi) is 6.71. The summed E-state index contributed by atoms with van der Waals surface area (Å²) in [5, 5.41) is 3.05. The molecule has 1 aromatic heterocycles. The molecule has 0 saturated carbocycles. The average Bonchev–Trinajstić information content (AvgIpc) is 2.84. The van der Waals surface area contributed by atoms with Crippen LogP contribution in [0.5, 0.6) is 11.6 Å². The van der Waals surface area contributed by atoms with Gasteiger partial charge >= 0.3 is 0 Å². The van der Waals surface area contributed by atoms with Crippen molar-refractivity contribution in [3.8, 4) is 11.6 Å². The van der Waals surface area contributed by atoms with E-state index in [1.54, 1.807) is 24.4 Å². The molecule has 0 aliphatic heterocycles. The highest BCUT2D eigenvalue weighted by molar-refractivity contribution is 5.94. The number of nitrogens with zero attached hydrogens (tertiary/aromatic N) is 1. The average molecular weight is 409 g/mol. The molecule has 3 aromatic carbocycles. The molecule has 0 unspecified atom stereocenters. The van der Waals surface area contributed by atoms with Crippen LogP contribution in [0.4, 0.5) is 0 Å². The number of carbonyl (C=O) groups is 1. The van der Waals surface area contributed by atoms with E-state index in [0.29, 0.717) is 23.7 Å². The molecule has 0 aliphatic carbocycles. The topological polar surface area (TPSA) is 51.2 Å². The lowest BCUT2D eigenvalue weighted by atomic mass is 9.88. The molecule has 1 amide bonds. The van der Waals surface area contributed by atoms with Crippen molar-refractivity contribution in [1.29, 1.82) is 0 Å². The van der Waals surface area contributed by atoms with Gasteiger partial charge in [0.1, 0.15) is 5.75 Å². The minimum atomic E-state index is -0.119. The molecule has 31 heavy (non-hydrogen) atoms. The highest BCUT2D eigenvalue weighted by atomic mass is 16.5. The van der Waals surface area contributed by atoms with Crippen LogP contribution in [0.3, 0.4) is 0 Å². The Hall–Kier alpha value is -3.92. The molecule has 4 heteroatoms. The van der Waals surface area contributed by atoms with E-state index in [9.17, 15) is 4.79 Å². The van der Waals surface area contributed by atoms with Crippen LogP contribution in [0, 0.1) is 0 Å². The van der Waals surface area contributed by atoms with E-state index in [-0.39, 0.29) is 11.8 Å². The standard InChI is InChI=1S/C27H24N2O2/c30-27(23-14-9-15-24(20-23)31-26-16-7-8-18-28-26)29-19-17-25(21-10-3-1-4-11-21)22-12-5-2-6-13-22/h1-16,18,20,25H,17,19H2,(H,29,30). The second-order valence-corrected chi connectivity index (χ2v) is 7.22. The summed E-state index contributed by atoms with van der Waals surface area (Å²) in [7, 11) is 0. The van der Waals surface area contributed by atoms with Crippen LogP contribution in [0.25, 0.3) is 0 Å². The van der Waals surface area contributed by atoms with Crippen molar-refractivity contribution >= 4 is 5.91 Å². The number of hydrogen-bond acceptors (Lipinski definition) is 3. The zero-order chi connectivity index (χ0) is 21.3. The third kappa shape index (κ3) is 5.58. The third-order valence-corrected chi connectivity index (χ3v) is 5.08. The molecule has 0 fully saturated rings. The van der Waals surface area contributed by atoms with Crippen molar-refractivity contribution in [2.24, 2.45) is 0 Å². The van der Waals surface area contributed by atoms with Gasteiger partial charge in [-0.15, -0.1) is 0 Å². The van der Waals surface area contributed by atoms with Gasteiger partial charge in [-0.1, -0.05) is 72.8 Å². The predicted molar refractivity (Wildman–Crippen MR) is 122 cm³/mol. The lowest BCUT2D eigenvalue weighted by Gasteiger charge is -2.18. The fraction of sp³-hybridized carbons (Fsp3) is 0.111. The molecule has 1 heterocycles. The number of carbonyl (C=O) groups excluding carboxylic acids is 1. The Bertz CT molecular complexity index is 1060. The van der Waals surface area contributed by atoms with E-state index in [1.807, 2.05) is 36.4 Å². The van der Waals surface area contributed by atoms with Crippen LogP contribution in [-0.4, -0.2) is 17.4 Å². The number of nitrogens with one attached hydrogen (secondary N) is 1. The van der Waals surface area contributed by atoms with Gasteiger partial charge in [0.15, 0.2) is 0 Å². The minimum absolute atomic E-state index is 0.119.